The summed E-state index contributed by atoms with van der Waals surface area (Å²) in [4.78, 5) is 2.34. The van der Waals surface area contributed by atoms with Crippen LogP contribution in [0.5, 0.6) is 0 Å². The molecular weight excluding hydrogens is 617 g/mol. The molecule has 0 aliphatic heterocycles. The average molecular weight is 653 g/mol. The number of anilines is 3. The quantitative estimate of drug-likeness (QED) is 0.156. The minimum atomic E-state index is 1.13. The van der Waals surface area contributed by atoms with Crippen LogP contribution in [0.4, 0.5) is 17.1 Å². The second-order valence-corrected chi connectivity index (χ2v) is 13.2. The molecule has 0 aliphatic rings. The largest absolute Gasteiger partial charge is 0.344 e. The van der Waals surface area contributed by atoms with Gasteiger partial charge in [-0.05, 0) is 121 Å². The fourth-order valence-corrected chi connectivity index (χ4v) is 7.25. The Balaban J connectivity index is 0.975. The molecule has 1 heterocycles. The number of aromatic nitrogens is 1. The maximum atomic E-state index is 2.34. The average Bonchev–Trinajstić information content (AvgIpc) is 3.58. The van der Waals surface area contributed by atoms with Crippen molar-refractivity contribution in [1.29, 1.82) is 0 Å². The minimum Gasteiger partial charge on any atom is -0.344 e. The molecule has 0 fully saturated rings. The van der Waals surface area contributed by atoms with Crippen molar-refractivity contribution in [1.82, 2.24) is 4.57 Å². The number of para-hydroxylation sites is 1. The van der Waals surface area contributed by atoms with E-state index in [9.17, 15) is 0 Å². The van der Waals surface area contributed by atoms with E-state index in [-0.39, 0.29) is 0 Å². The number of hydrogen-bond donors (Lipinski definition) is 0. The van der Waals surface area contributed by atoms with Crippen LogP contribution in [0.2, 0.25) is 0 Å². The van der Waals surface area contributed by atoms with Crippen LogP contribution in [0.15, 0.2) is 188 Å². The molecule has 0 N–H and O–H groups in total. The lowest BCUT2D eigenvalue weighted by molar-refractivity contribution is 0.946. The Hall–Kier alpha value is -6.64. The standard InChI is InChI=1S/C49H36N2/c1-50-48(38-11-4-2-5-12-38)28-29-49(50)44-23-22-40-30-35(18-20-42(40)32-44)16-17-36-19-21-43-34-47(27-25-41(43)31-36)51(45-14-6-3-7-15-45)46-26-24-37-10-8-9-13-39(37)33-46/h2-34H,1H3/b17-16+. The van der Waals surface area contributed by atoms with Gasteiger partial charge in [0.15, 0.2) is 0 Å². The van der Waals surface area contributed by atoms with Crippen molar-refractivity contribution in [3.8, 4) is 22.5 Å². The Morgan fingerprint density at radius 1 is 0.353 bits per heavy atom. The summed E-state index contributed by atoms with van der Waals surface area (Å²) < 4.78 is 2.28. The van der Waals surface area contributed by atoms with E-state index in [1.54, 1.807) is 0 Å². The molecule has 0 atom stereocenters. The Morgan fingerprint density at radius 2 is 0.824 bits per heavy atom. The van der Waals surface area contributed by atoms with Crippen molar-refractivity contribution in [3.05, 3.63) is 199 Å². The predicted octanol–water partition coefficient (Wildman–Crippen LogP) is 13.5. The molecule has 0 saturated heterocycles. The first kappa shape index (κ1) is 30.4. The number of hydrogen-bond acceptors (Lipinski definition) is 1. The molecule has 1 aromatic heterocycles. The number of nitrogens with zero attached hydrogens (tertiary/aromatic N) is 2. The molecule has 51 heavy (non-hydrogen) atoms. The van der Waals surface area contributed by atoms with Crippen LogP contribution in [0.1, 0.15) is 11.1 Å². The lowest BCUT2D eigenvalue weighted by Crippen LogP contribution is -2.09. The Kier molecular flexibility index (Phi) is 7.75. The summed E-state index contributed by atoms with van der Waals surface area (Å²) in [5, 5.41) is 7.37. The second-order valence-electron chi connectivity index (χ2n) is 13.2. The molecule has 0 spiro atoms. The van der Waals surface area contributed by atoms with E-state index < -0.39 is 0 Å². The summed E-state index contributed by atoms with van der Waals surface area (Å²) >= 11 is 0. The van der Waals surface area contributed by atoms with Crippen LogP contribution < -0.4 is 4.90 Å². The molecule has 242 valence electrons. The molecule has 0 saturated carbocycles. The smallest absolute Gasteiger partial charge is 0.0482 e. The highest BCUT2D eigenvalue weighted by molar-refractivity contribution is 5.94. The van der Waals surface area contributed by atoms with Crippen LogP contribution in [0.25, 0.3) is 67.0 Å². The molecule has 0 radical (unpaired) electrons. The van der Waals surface area contributed by atoms with Gasteiger partial charge in [0.2, 0.25) is 0 Å². The van der Waals surface area contributed by atoms with E-state index >= 15 is 0 Å². The van der Waals surface area contributed by atoms with Crippen LogP contribution in [0, 0.1) is 0 Å². The van der Waals surface area contributed by atoms with Gasteiger partial charge in [-0.3, -0.25) is 0 Å². The fraction of sp³-hybridized carbons (Fsp3) is 0.0204. The number of rotatable bonds is 7. The van der Waals surface area contributed by atoms with Gasteiger partial charge in [0, 0.05) is 35.5 Å². The summed E-state index contributed by atoms with van der Waals surface area (Å²) in [6, 6.07) is 67.8. The summed E-state index contributed by atoms with van der Waals surface area (Å²) in [6.07, 6.45) is 4.42. The van der Waals surface area contributed by atoms with E-state index in [0.717, 1.165) is 17.1 Å². The summed E-state index contributed by atoms with van der Waals surface area (Å²) in [7, 11) is 2.15. The van der Waals surface area contributed by atoms with Gasteiger partial charge in [0.25, 0.3) is 0 Å². The predicted molar refractivity (Wildman–Crippen MR) is 219 cm³/mol. The zero-order chi connectivity index (χ0) is 34.1. The third kappa shape index (κ3) is 5.98. The van der Waals surface area contributed by atoms with Crippen molar-refractivity contribution in [2.45, 2.75) is 0 Å². The maximum absolute atomic E-state index is 2.34. The highest BCUT2D eigenvalue weighted by atomic mass is 15.1. The summed E-state index contributed by atoms with van der Waals surface area (Å²) in [5.74, 6) is 0. The van der Waals surface area contributed by atoms with Gasteiger partial charge in [-0.2, -0.15) is 0 Å². The van der Waals surface area contributed by atoms with Crippen molar-refractivity contribution in [2.24, 2.45) is 7.05 Å². The SMILES string of the molecule is Cn1c(-c2ccccc2)ccc1-c1ccc2cc(/C=C/c3ccc4cc(N(c5ccccc5)c5ccc6ccccc6c5)ccc4c3)ccc2c1. The third-order valence-electron chi connectivity index (χ3n) is 9.93. The fourth-order valence-electron chi connectivity index (χ4n) is 7.25. The molecular formula is C49H36N2. The van der Waals surface area contributed by atoms with Crippen molar-refractivity contribution >= 4 is 61.5 Å². The van der Waals surface area contributed by atoms with Crippen LogP contribution >= 0.6 is 0 Å². The number of benzene rings is 8. The molecule has 2 heteroatoms. The summed E-state index contributed by atoms with van der Waals surface area (Å²) in [5.41, 5.74) is 10.7. The molecule has 2 nitrogen and oxygen atoms in total. The van der Waals surface area contributed by atoms with E-state index in [0.29, 0.717) is 0 Å². The van der Waals surface area contributed by atoms with Gasteiger partial charge in [-0.1, -0.05) is 133 Å². The molecule has 0 amide bonds. The van der Waals surface area contributed by atoms with Gasteiger partial charge in [-0.15, -0.1) is 0 Å². The highest BCUT2D eigenvalue weighted by Crippen LogP contribution is 2.37. The highest BCUT2D eigenvalue weighted by Gasteiger charge is 2.14. The Labute approximate surface area is 298 Å². The van der Waals surface area contributed by atoms with E-state index in [2.05, 4.69) is 217 Å². The van der Waals surface area contributed by atoms with Gasteiger partial charge >= 0.3 is 0 Å². The lowest BCUT2D eigenvalue weighted by atomic mass is 10.0. The van der Waals surface area contributed by atoms with Gasteiger partial charge in [0.1, 0.15) is 0 Å². The van der Waals surface area contributed by atoms with E-state index in [1.807, 2.05) is 0 Å². The zero-order valence-corrected chi connectivity index (χ0v) is 28.4. The first-order chi connectivity index (χ1) is 25.2. The number of fused-ring (bicyclic) bond motifs is 3. The first-order valence-corrected chi connectivity index (χ1v) is 17.5. The Morgan fingerprint density at radius 3 is 1.49 bits per heavy atom. The second kappa shape index (κ2) is 13.0. The van der Waals surface area contributed by atoms with Crippen LogP contribution in [-0.2, 0) is 7.05 Å². The molecule has 8 aromatic carbocycles. The van der Waals surface area contributed by atoms with E-state index in [4.69, 9.17) is 0 Å². The normalized spacial score (nSPS) is 11.5. The van der Waals surface area contributed by atoms with Crippen LogP contribution in [-0.4, -0.2) is 4.57 Å². The van der Waals surface area contributed by atoms with Gasteiger partial charge < -0.3 is 9.47 Å². The van der Waals surface area contributed by atoms with Crippen molar-refractivity contribution in [3.63, 3.8) is 0 Å². The molecule has 9 aromatic rings. The van der Waals surface area contributed by atoms with Crippen molar-refractivity contribution in [2.75, 3.05) is 4.90 Å². The minimum absolute atomic E-state index is 1.13. The molecule has 0 aliphatic carbocycles. The topological polar surface area (TPSA) is 8.17 Å². The lowest BCUT2D eigenvalue weighted by Gasteiger charge is -2.26. The first-order valence-electron chi connectivity index (χ1n) is 17.5. The maximum Gasteiger partial charge on any atom is 0.0482 e. The Bertz CT molecular complexity index is 2700. The monoisotopic (exact) mass is 652 g/mol. The van der Waals surface area contributed by atoms with Crippen molar-refractivity contribution < 1.29 is 0 Å². The molecule has 9 rings (SSSR count). The third-order valence-corrected chi connectivity index (χ3v) is 9.93. The van der Waals surface area contributed by atoms with Crippen LogP contribution in [0.3, 0.4) is 0 Å². The molecule has 0 unspecified atom stereocenters. The van der Waals surface area contributed by atoms with E-state index in [1.165, 1.54) is 66.0 Å². The van der Waals surface area contributed by atoms with Gasteiger partial charge in [0.05, 0.1) is 0 Å². The zero-order valence-electron chi connectivity index (χ0n) is 28.4. The van der Waals surface area contributed by atoms with Gasteiger partial charge in [-0.25, -0.2) is 0 Å². The molecule has 0 bridgehead atoms. The summed E-state index contributed by atoms with van der Waals surface area (Å²) in [6.45, 7) is 0.